The maximum Gasteiger partial charge on any atom is 0.225 e. The smallest absolute Gasteiger partial charge is 0.225 e. The van der Waals surface area contributed by atoms with Gasteiger partial charge in [0, 0.05) is 51.4 Å². The number of rotatable bonds is 2. The van der Waals surface area contributed by atoms with Crippen LogP contribution in [0.4, 0.5) is 0 Å². The third-order valence-corrected chi connectivity index (χ3v) is 4.46. The van der Waals surface area contributed by atoms with E-state index in [9.17, 15) is 4.79 Å². The van der Waals surface area contributed by atoms with Gasteiger partial charge in [-0.1, -0.05) is 0 Å². The lowest BCUT2D eigenvalue weighted by atomic mass is 9.92. The number of carbonyl (C=O) groups is 1. The summed E-state index contributed by atoms with van der Waals surface area (Å²) in [6.07, 6.45) is 5.95. The second kappa shape index (κ2) is 5.95. The molecule has 0 aromatic carbocycles. The number of aromatic nitrogens is 2. The zero-order valence-electron chi connectivity index (χ0n) is 12.1. The highest BCUT2D eigenvalue weighted by Gasteiger charge is 2.31. The Morgan fingerprint density at radius 3 is 2.85 bits per heavy atom. The van der Waals surface area contributed by atoms with Gasteiger partial charge in [0.2, 0.25) is 5.91 Å². The first-order valence-electron chi connectivity index (χ1n) is 7.60. The predicted molar refractivity (Wildman–Crippen MR) is 75.3 cm³/mol. The summed E-state index contributed by atoms with van der Waals surface area (Å²) in [7, 11) is 1.94. The molecule has 5 heteroatoms. The zero-order chi connectivity index (χ0) is 13.9. The lowest BCUT2D eigenvalue weighted by Gasteiger charge is -2.35. The van der Waals surface area contributed by atoms with Crippen molar-refractivity contribution in [2.24, 2.45) is 13.0 Å². The molecular formula is C15H23N3O2. The first-order valence-corrected chi connectivity index (χ1v) is 7.60. The molecule has 1 amide bonds. The Labute approximate surface area is 119 Å². The number of ether oxygens (including phenoxy) is 1. The fourth-order valence-corrected chi connectivity index (χ4v) is 3.27. The summed E-state index contributed by atoms with van der Waals surface area (Å²) in [5.41, 5.74) is 1.12. The number of nitrogens with zero attached hydrogens (tertiary/aromatic N) is 3. The number of aryl methyl sites for hydroxylation is 1. The summed E-state index contributed by atoms with van der Waals surface area (Å²) < 4.78 is 7.19. The van der Waals surface area contributed by atoms with Crippen molar-refractivity contribution in [2.75, 3.05) is 26.3 Å². The zero-order valence-corrected chi connectivity index (χ0v) is 12.1. The summed E-state index contributed by atoms with van der Waals surface area (Å²) in [6.45, 7) is 3.19. The van der Waals surface area contributed by atoms with Gasteiger partial charge in [-0.05, 0) is 31.7 Å². The van der Waals surface area contributed by atoms with E-state index in [-0.39, 0.29) is 5.92 Å². The molecule has 0 bridgehead atoms. The minimum Gasteiger partial charge on any atom is -0.381 e. The van der Waals surface area contributed by atoms with Gasteiger partial charge in [0.05, 0.1) is 5.69 Å². The van der Waals surface area contributed by atoms with E-state index < -0.39 is 0 Å². The highest BCUT2D eigenvalue weighted by atomic mass is 16.5. The quantitative estimate of drug-likeness (QED) is 0.824. The Hall–Kier alpha value is -1.36. The minimum absolute atomic E-state index is 0.172. The minimum atomic E-state index is 0.172. The standard InChI is InChI=1S/C15H23N3O2/c1-17-8-4-14(16-17)13-3-2-7-18(11-13)15(19)12-5-9-20-10-6-12/h4,8,12-13H,2-3,5-7,9-11H2,1H3/t13-/m1/s1. The molecule has 1 aromatic heterocycles. The van der Waals surface area contributed by atoms with E-state index in [0.717, 1.165) is 57.7 Å². The molecule has 0 radical (unpaired) electrons. The average Bonchev–Trinajstić information content (AvgIpc) is 2.94. The van der Waals surface area contributed by atoms with E-state index in [1.165, 1.54) is 0 Å². The van der Waals surface area contributed by atoms with E-state index in [1.807, 2.05) is 17.9 Å². The molecule has 5 nitrogen and oxygen atoms in total. The van der Waals surface area contributed by atoms with Crippen molar-refractivity contribution in [1.29, 1.82) is 0 Å². The fourth-order valence-electron chi connectivity index (χ4n) is 3.27. The van der Waals surface area contributed by atoms with Crippen molar-refractivity contribution in [3.05, 3.63) is 18.0 Å². The van der Waals surface area contributed by atoms with Crippen molar-refractivity contribution in [2.45, 2.75) is 31.6 Å². The summed E-state index contributed by atoms with van der Waals surface area (Å²) in [6, 6.07) is 2.08. The molecule has 1 aromatic rings. The molecule has 2 saturated heterocycles. The van der Waals surface area contributed by atoms with Crippen LogP contribution in [0, 0.1) is 5.92 Å². The number of amides is 1. The van der Waals surface area contributed by atoms with Gasteiger partial charge in [0.1, 0.15) is 0 Å². The molecule has 3 rings (SSSR count). The molecule has 1 atom stereocenters. The lowest BCUT2D eigenvalue weighted by Crippen LogP contribution is -2.43. The van der Waals surface area contributed by atoms with E-state index in [2.05, 4.69) is 16.1 Å². The van der Waals surface area contributed by atoms with E-state index >= 15 is 0 Å². The number of carbonyl (C=O) groups excluding carboxylic acids is 1. The van der Waals surface area contributed by atoms with Gasteiger partial charge in [-0.15, -0.1) is 0 Å². The van der Waals surface area contributed by atoms with Crippen LogP contribution in [-0.4, -0.2) is 46.9 Å². The van der Waals surface area contributed by atoms with Crippen molar-refractivity contribution in [1.82, 2.24) is 14.7 Å². The average molecular weight is 277 g/mol. The summed E-state index contributed by atoms with van der Waals surface area (Å²) in [5.74, 6) is 0.897. The molecule has 0 N–H and O–H groups in total. The Balaban J connectivity index is 1.63. The van der Waals surface area contributed by atoms with Crippen LogP contribution in [0.5, 0.6) is 0 Å². The molecule has 0 spiro atoms. The molecular weight excluding hydrogens is 254 g/mol. The molecule has 0 aliphatic carbocycles. The Morgan fingerprint density at radius 1 is 1.35 bits per heavy atom. The summed E-state index contributed by atoms with van der Waals surface area (Å²) >= 11 is 0. The van der Waals surface area contributed by atoms with Crippen molar-refractivity contribution >= 4 is 5.91 Å². The van der Waals surface area contributed by atoms with Gasteiger partial charge in [0.25, 0.3) is 0 Å². The first kappa shape index (κ1) is 13.6. The number of hydrogen-bond donors (Lipinski definition) is 0. The lowest BCUT2D eigenvalue weighted by molar-refractivity contribution is -0.139. The molecule has 0 unspecified atom stereocenters. The monoisotopic (exact) mass is 277 g/mol. The second-order valence-electron chi connectivity index (χ2n) is 5.92. The van der Waals surface area contributed by atoms with Crippen LogP contribution in [0.15, 0.2) is 12.3 Å². The predicted octanol–water partition coefficient (Wildman–Crippen LogP) is 1.55. The number of hydrogen-bond acceptors (Lipinski definition) is 3. The van der Waals surface area contributed by atoms with Gasteiger partial charge in [-0.25, -0.2) is 0 Å². The Morgan fingerprint density at radius 2 is 2.15 bits per heavy atom. The van der Waals surface area contributed by atoms with Crippen LogP contribution >= 0.6 is 0 Å². The van der Waals surface area contributed by atoms with Gasteiger partial charge < -0.3 is 9.64 Å². The van der Waals surface area contributed by atoms with Gasteiger partial charge in [-0.3, -0.25) is 9.48 Å². The molecule has 2 fully saturated rings. The van der Waals surface area contributed by atoms with E-state index in [0.29, 0.717) is 11.8 Å². The fraction of sp³-hybridized carbons (Fsp3) is 0.733. The highest BCUT2D eigenvalue weighted by Crippen LogP contribution is 2.28. The third-order valence-electron chi connectivity index (χ3n) is 4.46. The van der Waals surface area contributed by atoms with Crippen LogP contribution in [-0.2, 0) is 16.6 Å². The van der Waals surface area contributed by atoms with Crippen LogP contribution in [0.3, 0.4) is 0 Å². The highest BCUT2D eigenvalue weighted by molar-refractivity contribution is 5.79. The second-order valence-corrected chi connectivity index (χ2v) is 5.92. The van der Waals surface area contributed by atoms with Gasteiger partial charge in [-0.2, -0.15) is 5.10 Å². The SMILES string of the molecule is Cn1ccc([C@@H]2CCCN(C(=O)C3CCOCC3)C2)n1. The molecule has 3 heterocycles. The topological polar surface area (TPSA) is 47.4 Å². The van der Waals surface area contributed by atoms with Crippen LogP contribution < -0.4 is 0 Å². The van der Waals surface area contributed by atoms with Crippen LogP contribution in [0.25, 0.3) is 0 Å². The van der Waals surface area contributed by atoms with E-state index in [1.54, 1.807) is 0 Å². The van der Waals surface area contributed by atoms with Crippen molar-refractivity contribution < 1.29 is 9.53 Å². The van der Waals surface area contributed by atoms with Crippen molar-refractivity contribution in [3.8, 4) is 0 Å². The van der Waals surface area contributed by atoms with Crippen LogP contribution in [0.2, 0.25) is 0 Å². The van der Waals surface area contributed by atoms with Gasteiger partial charge >= 0.3 is 0 Å². The van der Waals surface area contributed by atoms with Crippen molar-refractivity contribution in [3.63, 3.8) is 0 Å². The molecule has 110 valence electrons. The van der Waals surface area contributed by atoms with E-state index in [4.69, 9.17) is 4.74 Å². The molecule has 2 aliphatic rings. The first-order chi connectivity index (χ1) is 9.74. The Kier molecular flexibility index (Phi) is 4.05. The number of likely N-dealkylation sites (tertiary alicyclic amines) is 1. The normalized spacial score (nSPS) is 24.9. The van der Waals surface area contributed by atoms with Gasteiger partial charge in [0.15, 0.2) is 0 Å². The number of piperidine rings is 1. The molecule has 20 heavy (non-hydrogen) atoms. The maximum atomic E-state index is 12.6. The summed E-state index contributed by atoms with van der Waals surface area (Å²) in [4.78, 5) is 14.6. The van der Waals surface area contributed by atoms with Crippen LogP contribution in [0.1, 0.15) is 37.3 Å². The Bertz CT molecular complexity index is 465. The molecule has 0 saturated carbocycles. The third kappa shape index (κ3) is 2.87. The molecule has 2 aliphatic heterocycles. The maximum absolute atomic E-state index is 12.6. The summed E-state index contributed by atoms with van der Waals surface area (Å²) in [5, 5.41) is 4.50. The largest absolute Gasteiger partial charge is 0.381 e.